The molecule has 0 aliphatic rings. The topological polar surface area (TPSA) is 86.5 Å². The number of halogens is 1. The van der Waals surface area contributed by atoms with Crippen molar-refractivity contribution < 1.29 is 19.2 Å². The molecular formula is C22H14BrNO5. The number of ketones is 1. The summed E-state index contributed by atoms with van der Waals surface area (Å²) in [5.74, 6) is -0.600. The molecule has 0 aliphatic carbocycles. The van der Waals surface area contributed by atoms with Crippen molar-refractivity contribution in [2.24, 2.45) is 0 Å². The second-order valence-electron chi connectivity index (χ2n) is 5.97. The monoisotopic (exact) mass is 451 g/mol. The molecular weight excluding hydrogens is 438 g/mol. The average Bonchev–Trinajstić information content (AvgIpc) is 2.73. The van der Waals surface area contributed by atoms with E-state index in [0.717, 1.165) is 10.5 Å². The van der Waals surface area contributed by atoms with Gasteiger partial charge in [0, 0.05) is 22.2 Å². The predicted octanol–water partition coefficient (Wildman–Crippen LogP) is 5.47. The summed E-state index contributed by atoms with van der Waals surface area (Å²) in [7, 11) is 0. The molecule has 3 rings (SSSR count). The predicted molar refractivity (Wildman–Crippen MR) is 112 cm³/mol. The van der Waals surface area contributed by atoms with E-state index in [1.165, 1.54) is 24.3 Å². The third kappa shape index (κ3) is 5.46. The van der Waals surface area contributed by atoms with E-state index in [-0.39, 0.29) is 22.8 Å². The summed E-state index contributed by atoms with van der Waals surface area (Å²) in [6.07, 6.45) is 3.06. The minimum absolute atomic E-state index is 0.0746. The molecule has 3 aromatic carbocycles. The summed E-state index contributed by atoms with van der Waals surface area (Å²) in [5.41, 5.74) is 1.10. The fourth-order valence-electron chi connectivity index (χ4n) is 2.48. The van der Waals surface area contributed by atoms with Crippen LogP contribution in [0.25, 0.3) is 6.08 Å². The molecule has 0 radical (unpaired) electrons. The van der Waals surface area contributed by atoms with Crippen LogP contribution in [0.2, 0.25) is 0 Å². The Morgan fingerprint density at radius 2 is 1.66 bits per heavy atom. The van der Waals surface area contributed by atoms with Crippen LogP contribution in [-0.2, 0) is 0 Å². The van der Waals surface area contributed by atoms with Crippen molar-refractivity contribution >= 4 is 39.4 Å². The Balaban J connectivity index is 1.71. The van der Waals surface area contributed by atoms with E-state index < -0.39 is 10.9 Å². The highest BCUT2D eigenvalue weighted by molar-refractivity contribution is 9.10. The van der Waals surface area contributed by atoms with Gasteiger partial charge in [-0.2, -0.15) is 0 Å². The van der Waals surface area contributed by atoms with Gasteiger partial charge in [-0.1, -0.05) is 40.2 Å². The van der Waals surface area contributed by atoms with Gasteiger partial charge in [-0.05, 0) is 54.1 Å². The fourth-order valence-corrected chi connectivity index (χ4v) is 2.74. The van der Waals surface area contributed by atoms with E-state index in [9.17, 15) is 19.7 Å². The molecule has 0 saturated heterocycles. The van der Waals surface area contributed by atoms with Crippen molar-refractivity contribution in [1.29, 1.82) is 0 Å². The number of rotatable bonds is 6. The van der Waals surface area contributed by atoms with Gasteiger partial charge in [0.25, 0.3) is 5.69 Å². The van der Waals surface area contributed by atoms with Crippen LogP contribution in [0.15, 0.2) is 83.3 Å². The van der Waals surface area contributed by atoms with Gasteiger partial charge in [-0.25, -0.2) is 4.79 Å². The highest BCUT2D eigenvalue weighted by Crippen LogP contribution is 2.19. The molecule has 29 heavy (non-hydrogen) atoms. The Kier molecular flexibility index (Phi) is 6.31. The molecule has 0 spiro atoms. The minimum atomic E-state index is -0.708. The van der Waals surface area contributed by atoms with Crippen LogP contribution in [-0.4, -0.2) is 16.7 Å². The van der Waals surface area contributed by atoms with Gasteiger partial charge < -0.3 is 4.74 Å². The summed E-state index contributed by atoms with van der Waals surface area (Å²) < 4.78 is 6.18. The molecule has 0 bridgehead atoms. The minimum Gasteiger partial charge on any atom is -0.423 e. The van der Waals surface area contributed by atoms with Crippen molar-refractivity contribution in [1.82, 2.24) is 0 Å². The molecule has 0 N–H and O–H groups in total. The number of nitro groups is 1. The Labute approximate surface area is 174 Å². The number of carbonyl (C=O) groups is 2. The van der Waals surface area contributed by atoms with E-state index >= 15 is 0 Å². The van der Waals surface area contributed by atoms with Crippen molar-refractivity contribution in [3.8, 4) is 5.75 Å². The Morgan fingerprint density at radius 1 is 0.931 bits per heavy atom. The molecule has 0 fully saturated rings. The maximum Gasteiger partial charge on any atom is 0.343 e. The Morgan fingerprint density at radius 3 is 2.38 bits per heavy atom. The maximum absolute atomic E-state index is 12.3. The van der Waals surface area contributed by atoms with Crippen LogP contribution in [0.1, 0.15) is 26.3 Å². The Hall–Kier alpha value is -3.58. The highest BCUT2D eigenvalue weighted by Gasteiger charge is 2.13. The summed E-state index contributed by atoms with van der Waals surface area (Å²) in [6.45, 7) is 0. The van der Waals surface area contributed by atoms with Crippen molar-refractivity contribution in [2.45, 2.75) is 0 Å². The SMILES string of the molecule is O=C(/C=C/c1cccc(OC(=O)c2cccc([N+](=O)[O-])c2)c1)c1ccc(Br)cc1. The van der Waals surface area contributed by atoms with Crippen LogP contribution in [0, 0.1) is 10.1 Å². The second kappa shape index (κ2) is 9.07. The zero-order valence-electron chi connectivity index (χ0n) is 14.9. The normalized spacial score (nSPS) is 10.7. The van der Waals surface area contributed by atoms with Crippen LogP contribution < -0.4 is 4.74 Å². The molecule has 6 nitrogen and oxygen atoms in total. The number of nitro benzene ring substituents is 1. The van der Waals surface area contributed by atoms with E-state index in [0.29, 0.717) is 11.1 Å². The summed E-state index contributed by atoms with van der Waals surface area (Å²) >= 11 is 3.32. The molecule has 0 aliphatic heterocycles. The fraction of sp³-hybridized carbons (Fsp3) is 0. The maximum atomic E-state index is 12.3. The molecule has 0 saturated carbocycles. The number of benzene rings is 3. The molecule has 0 amide bonds. The number of non-ortho nitro benzene ring substituents is 1. The van der Waals surface area contributed by atoms with Gasteiger partial charge in [0.2, 0.25) is 0 Å². The first-order chi connectivity index (χ1) is 13.9. The summed E-state index contributed by atoms with van der Waals surface area (Å²) in [5, 5.41) is 10.8. The van der Waals surface area contributed by atoms with Crippen LogP contribution in [0.3, 0.4) is 0 Å². The molecule has 0 aromatic heterocycles. The number of hydrogen-bond donors (Lipinski definition) is 0. The van der Waals surface area contributed by atoms with E-state index in [1.807, 2.05) is 0 Å². The zero-order chi connectivity index (χ0) is 20.8. The lowest BCUT2D eigenvalue weighted by Crippen LogP contribution is -2.08. The number of allylic oxidation sites excluding steroid dienone is 1. The number of hydrogen-bond acceptors (Lipinski definition) is 5. The van der Waals surface area contributed by atoms with E-state index in [4.69, 9.17) is 4.74 Å². The van der Waals surface area contributed by atoms with Crippen LogP contribution >= 0.6 is 15.9 Å². The zero-order valence-corrected chi connectivity index (χ0v) is 16.5. The van der Waals surface area contributed by atoms with Crippen LogP contribution in [0.4, 0.5) is 5.69 Å². The molecule has 0 unspecified atom stereocenters. The average molecular weight is 452 g/mol. The number of carbonyl (C=O) groups excluding carboxylic acids is 2. The molecule has 3 aromatic rings. The lowest BCUT2D eigenvalue weighted by atomic mass is 10.1. The Bertz CT molecular complexity index is 1110. The van der Waals surface area contributed by atoms with Crippen molar-refractivity contribution in [2.75, 3.05) is 0 Å². The first-order valence-electron chi connectivity index (χ1n) is 8.47. The smallest absolute Gasteiger partial charge is 0.343 e. The largest absolute Gasteiger partial charge is 0.423 e. The van der Waals surface area contributed by atoms with Crippen molar-refractivity contribution in [3.63, 3.8) is 0 Å². The number of nitrogens with zero attached hydrogens (tertiary/aromatic N) is 1. The lowest BCUT2D eigenvalue weighted by Gasteiger charge is -2.05. The highest BCUT2D eigenvalue weighted by atomic mass is 79.9. The molecule has 0 atom stereocenters. The van der Waals surface area contributed by atoms with E-state index in [2.05, 4.69) is 15.9 Å². The van der Waals surface area contributed by atoms with E-state index in [1.54, 1.807) is 54.6 Å². The van der Waals surface area contributed by atoms with Crippen LogP contribution in [0.5, 0.6) is 5.75 Å². The quantitative estimate of drug-likeness (QED) is 0.124. The van der Waals surface area contributed by atoms with Gasteiger partial charge in [0.15, 0.2) is 5.78 Å². The summed E-state index contributed by atoms with van der Waals surface area (Å²) in [6, 6.07) is 18.9. The van der Waals surface area contributed by atoms with Gasteiger partial charge in [-0.3, -0.25) is 14.9 Å². The van der Waals surface area contributed by atoms with Gasteiger partial charge in [-0.15, -0.1) is 0 Å². The van der Waals surface area contributed by atoms with Crippen molar-refractivity contribution in [3.05, 3.63) is 110 Å². The first kappa shape index (κ1) is 20.2. The molecule has 7 heteroatoms. The van der Waals surface area contributed by atoms with Gasteiger partial charge >= 0.3 is 5.97 Å². The summed E-state index contributed by atoms with van der Waals surface area (Å²) in [4.78, 5) is 34.7. The number of esters is 1. The van der Waals surface area contributed by atoms with Gasteiger partial charge in [0.05, 0.1) is 10.5 Å². The standard InChI is InChI=1S/C22H14BrNO5/c23-18-10-8-16(9-11-18)21(25)12-7-15-3-1-6-20(13-15)29-22(26)17-4-2-5-19(14-17)24(27)28/h1-14H/b12-7+. The lowest BCUT2D eigenvalue weighted by molar-refractivity contribution is -0.384. The second-order valence-corrected chi connectivity index (χ2v) is 6.89. The molecule has 144 valence electrons. The third-order valence-corrected chi connectivity index (χ3v) is 4.45. The first-order valence-corrected chi connectivity index (χ1v) is 9.26. The number of ether oxygens (including phenoxy) is 1. The molecule has 0 heterocycles. The third-order valence-electron chi connectivity index (χ3n) is 3.92. The van der Waals surface area contributed by atoms with Gasteiger partial charge in [0.1, 0.15) is 5.75 Å².